The Morgan fingerprint density at radius 3 is 2.12 bits per heavy atom. The molecule has 0 aliphatic carbocycles. The highest BCUT2D eigenvalue weighted by atomic mass is 19.1. The quantitative estimate of drug-likeness (QED) is 0.675. The summed E-state index contributed by atoms with van der Waals surface area (Å²) < 4.78 is 29.0. The zero-order valence-corrected chi connectivity index (χ0v) is 18.7. The molecule has 0 saturated carbocycles. The van der Waals surface area contributed by atoms with Crippen LogP contribution in [0.2, 0.25) is 0 Å². The molecular formula is C24H29FN2O5. The number of hydrogen-bond acceptors (Lipinski definition) is 5. The maximum absolute atomic E-state index is 13.0. The minimum absolute atomic E-state index is 0.0382. The summed E-state index contributed by atoms with van der Waals surface area (Å²) in [5.74, 6) is 1.08. The second kappa shape index (κ2) is 10.8. The Balaban J connectivity index is 1.52. The number of amides is 2. The molecule has 0 atom stereocenters. The fourth-order valence-corrected chi connectivity index (χ4v) is 3.86. The van der Waals surface area contributed by atoms with Crippen molar-refractivity contribution >= 4 is 11.8 Å². The first kappa shape index (κ1) is 23.4. The second-order valence-electron chi connectivity index (χ2n) is 7.76. The van der Waals surface area contributed by atoms with Crippen LogP contribution < -0.4 is 19.5 Å². The van der Waals surface area contributed by atoms with Gasteiger partial charge < -0.3 is 24.4 Å². The number of methoxy groups -OCH3 is 3. The number of benzene rings is 2. The number of nitrogens with zero attached hydrogens (tertiary/aromatic N) is 1. The van der Waals surface area contributed by atoms with Crippen molar-refractivity contribution in [3.63, 3.8) is 0 Å². The van der Waals surface area contributed by atoms with E-state index in [9.17, 15) is 14.0 Å². The van der Waals surface area contributed by atoms with Gasteiger partial charge in [0, 0.05) is 31.6 Å². The van der Waals surface area contributed by atoms with Crippen LogP contribution in [-0.2, 0) is 11.3 Å². The van der Waals surface area contributed by atoms with Crippen LogP contribution in [0.1, 0.15) is 35.2 Å². The van der Waals surface area contributed by atoms with E-state index >= 15 is 0 Å². The Kier molecular flexibility index (Phi) is 7.92. The molecule has 1 aliphatic heterocycles. The molecule has 1 fully saturated rings. The predicted octanol–water partition coefficient (Wildman–Crippen LogP) is 3.41. The highest BCUT2D eigenvalue weighted by molar-refractivity contribution is 5.95. The Labute approximate surface area is 187 Å². The number of carbonyl (C=O) groups excluding carboxylic acids is 2. The summed E-state index contributed by atoms with van der Waals surface area (Å²) >= 11 is 0. The van der Waals surface area contributed by atoms with Crippen LogP contribution in [0.3, 0.4) is 0 Å². The molecule has 0 spiro atoms. The van der Waals surface area contributed by atoms with Gasteiger partial charge in [-0.2, -0.15) is 0 Å². The van der Waals surface area contributed by atoms with E-state index in [0.29, 0.717) is 48.9 Å². The third-order valence-electron chi connectivity index (χ3n) is 5.69. The lowest BCUT2D eigenvalue weighted by molar-refractivity contribution is -0.122. The SMILES string of the molecule is COc1cc(C(=O)N2CCC(CC(=O)NCc3ccc(F)cc3)CC2)cc(OC)c1OC. The van der Waals surface area contributed by atoms with E-state index in [1.807, 2.05) is 0 Å². The fourth-order valence-electron chi connectivity index (χ4n) is 3.86. The Hall–Kier alpha value is -3.29. The number of nitrogens with one attached hydrogen (secondary N) is 1. The molecule has 1 aliphatic rings. The van der Waals surface area contributed by atoms with Crippen molar-refractivity contribution in [3.8, 4) is 17.2 Å². The van der Waals surface area contributed by atoms with Gasteiger partial charge in [0.2, 0.25) is 11.7 Å². The molecule has 0 bridgehead atoms. The first-order valence-corrected chi connectivity index (χ1v) is 10.6. The highest BCUT2D eigenvalue weighted by Gasteiger charge is 2.26. The van der Waals surface area contributed by atoms with Crippen LogP contribution in [0, 0.1) is 11.7 Å². The van der Waals surface area contributed by atoms with Gasteiger partial charge in [-0.05, 0) is 48.6 Å². The molecule has 172 valence electrons. The zero-order chi connectivity index (χ0) is 23.1. The summed E-state index contributed by atoms with van der Waals surface area (Å²) in [5, 5.41) is 2.88. The van der Waals surface area contributed by atoms with Crippen LogP contribution in [0.25, 0.3) is 0 Å². The smallest absolute Gasteiger partial charge is 0.254 e. The molecule has 0 radical (unpaired) electrons. The topological polar surface area (TPSA) is 77.1 Å². The van der Waals surface area contributed by atoms with Crippen LogP contribution in [0.5, 0.6) is 17.2 Å². The van der Waals surface area contributed by atoms with E-state index in [0.717, 1.165) is 18.4 Å². The lowest BCUT2D eigenvalue weighted by atomic mass is 9.92. The van der Waals surface area contributed by atoms with Crippen LogP contribution in [0.4, 0.5) is 4.39 Å². The first-order chi connectivity index (χ1) is 15.4. The van der Waals surface area contributed by atoms with Crippen molar-refractivity contribution in [2.45, 2.75) is 25.8 Å². The summed E-state index contributed by atoms with van der Waals surface area (Å²) in [6.45, 7) is 1.52. The number of hydrogen-bond donors (Lipinski definition) is 1. The largest absolute Gasteiger partial charge is 0.493 e. The molecule has 1 N–H and O–H groups in total. The average Bonchev–Trinajstić information content (AvgIpc) is 2.82. The van der Waals surface area contributed by atoms with Gasteiger partial charge in [0.1, 0.15) is 5.82 Å². The maximum Gasteiger partial charge on any atom is 0.254 e. The summed E-state index contributed by atoms with van der Waals surface area (Å²) in [6.07, 6.45) is 1.91. The molecule has 2 amide bonds. The second-order valence-corrected chi connectivity index (χ2v) is 7.76. The third kappa shape index (κ3) is 5.69. The minimum Gasteiger partial charge on any atom is -0.493 e. The van der Waals surface area contributed by atoms with E-state index in [-0.39, 0.29) is 23.5 Å². The Morgan fingerprint density at radius 2 is 1.59 bits per heavy atom. The third-order valence-corrected chi connectivity index (χ3v) is 5.69. The van der Waals surface area contributed by atoms with Crippen molar-refractivity contribution in [1.29, 1.82) is 0 Å². The highest BCUT2D eigenvalue weighted by Crippen LogP contribution is 2.38. The van der Waals surface area contributed by atoms with Gasteiger partial charge >= 0.3 is 0 Å². The first-order valence-electron chi connectivity index (χ1n) is 10.6. The van der Waals surface area contributed by atoms with E-state index in [2.05, 4.69) is 5.32 Å². The number of halogens is 1. The molecule has 7 nitrogen and oxygen atoms in total. The average molecular weight is 445 g/mol. The Bertz CT molecular complexity index is 915. The van der Waals surface area contributed by atoms with Crippen LogP contribution >= 0.6 is 0 Å². The van der Waals surface area contributed by atoms with Crippen molar-refractivity contribution in [2.75, 3.05) is 34.4 Å². The standard InChI is InChI=1S/C24H29FN2O5/c1-30-20-13-18(14-21(31-2)23(20)32-3)24(29)27-10-8-16(9-11-27)12-22(28)26-15-17-4-6-19(25)7-5-17/h4-7,13-14,16H,8-12,15H2,1-3H3,(H,26,28). The molecule has 1 heterocycles. The number of rotatable bonds is 8. The minimum atomic E-state index is -0.298. The monoisotopic (exact) mass is 444 g/mol. The molecular weight excluding hydrogens is 415 g/mol. The van der Waals surface area contributed by atoms with Crippen LogP contribution in [-0.4, -0.2) is 51.1 Å². The lowest BCUT2D eigenvalue weighted by Gasteiger charge is -2.32. The van der Waals surface area contributed by atoms with Gasteiger partial charge in [0.15, 0.2) is 11.5 Å². The summed E-state index contributed by atoms with van der Waals surface area (Å²) in [5.41, 5.74) is 1.32. The van der Waals surface area contributed by atoms with Gasteiger partial charge in [-0.1, -0.05) is 12.1 Å². The fraction of sp³-hybridized carbons (Fsp3) is 0.417. The molecule has 8 heteroatoms. The number of piperidine rings is 1. The molecule has 0 unspecified atom stereocenters. The predicted molar refractivity (Wildman–Crippen MR) is 118 cm³/mol. The van der Waals surface area contributed by atoms with Crippen molar-refractivity contribution in [2.24, 2.45) is 5.92 Å². The van der Waals surface area contributed by atoms with Gasteiger partial charge in [0.25, 0.3) is 5.91 Å². The van der Waals surface area contributed by atoms with E-state index < -0.39 is 0 Å². The van der Waals surface area contributed by atoms with Crippen molar-refractivity contribution < 1.29 is 28.2 Å². The van der Waals surface area contributed by atoms with Gasteiger partial charge in [0.05, 0.1) is 21.3 Å². The molecule has 0 aromatic heterocycles. The molecule has 32 heavy (non-hydrogen) atoms. The van der Waals surface area contributed by atoms with Crippen molar-refractivity contribution in [1.82, 2.24) is 10.2 Å². The van der Waals surface area contributed by atoms with Crippen LogP contribution in [0.15, 0.2) is 36.4 Å². The van der Waals surface area contributed by atoms with Gasteiger partial charge in [-0.3, -0.25) is 9.59 Å². The number of likely N-dealkylation sites (tertiary alicyclic amines) is 1. The maximum atomic E-state index is 13.0. The zero-order valence-electron chi connectivity index (χ0n) is 18.7. The molecule has 1 saturated heterocycles. The van der Waals surface area contributed by atoms with Gasteiger partial charge in [-0.15, -0.1) is 0 Å². The molecule has 3 rings (SSSR count). The van der Waals surface area contributed by atoms with E-state index in [1.165, 1.54) is 33.5 Å². The normalized spacial score (nSPS) is 14.1. The number of ether oxygens (including phenoxy) is 3. The summed E-state index contributed by atoms with van der Waals surface area (Å²) in [7, 11) is 4.54. The summed E-state index contributed by atoms with van der Waals surface area (Å²) in [4.78, 5) is 27.1. The van der Waals surface area contributed by atoms with Crippen molar-refractivity contribution in [3.05, 3.63) is 53.3 Å². The van der Waals surface area contributed by atoms with Gasteiger partial charge in [-0.25, -0.2) is 4.39 Å². The summed E-state index contributed by atoms with van der Waals surface area (Å²) in [6, 6.07) is 9.37. The molecule has 2 aromatic carbocycles. The molecule has 2 aromatic rings. The number of carbonyl (C=O) groups is 2. The lowest BCUT2D eigenvalue weighted by Crippen LogP contribution is -2.39. The van der Waals surface area contributed by atoms with E-state index in [1.54, 1.807) is 29.2 Å². The van der Waals surface area contributed by atoms with E-state index in [4.69, 9.17) is 14.2 Å². The Morgan fingerprint density at radius 1 is 1.00 bits per heavy atom.